The van der Waals surface area contributed by atoms with Crippen LogP contribution in [0.2, 0.25) is 0 Å². The number of benzene rings is 1. The van der Waals surface area contributed by atoms with Crippen molar-refractivity contribution >= 4 is 11.9 Å². The average molecular weight is 291 g/mol. The molecule has 1 aromatic carbocycles. The van der Waals surface area contributed by atoms with Crippen LogP contribution in [0.3, 0.4) is 0 Å². The molecule has 0 saturated heterocycles. The van der Waals surface area contributed by atoms with Gasteiger partial charge in [0.1, 0.15) is 5.75 Å². The number of nitrogens with one attached hydrogen (secondary N) is 1. The second kappa shape index (κ2) is 6.61. The minimum atomic E-state index is -0.861. The summed E-state index contributed by atoms with van der Waals surface area (Å²) in [5, 5.41) is 11.5. The topological polar surface area (TPSA) is 75.6 Å². The highest BCUT2D eigenvalue weighted by Crippen LogP contribution is 2.47. The van der Waals surface area contributed by atoms with E-state index in [4.69, 9.17) is 9.84 Å². The van der Waals surface area contributed by atoms with Crippen LogP contribution in [-0.4, -0.2) is 30.6 Å². The van der Waals surface area contributed by atoms with E-state index < -0.39 is 5.97 Å². The Hall–Kier alpha value is -2.04. The fourth-order valence-corrected chi connectivity index (χ4v) is 2.42. The average Bonchev–Trinajstić information content (AvgIpc) is 3.26. The van der Waals surface area contributed by atoms with Gasteiger partial charge < -0.3 is 15.2 Å². The van der Waals surface area contributed by atoms with Crippen LogP contribution in [0.15, 0.2) is 24.3 Å². The molecule has 0 bridgehead atoms. The van der Waals surface area contributed by atoms with Gasteiger partial charge in [0.2, 0.25) is 5.91 Å². The van der Waals surface area contributed by atoms with Crippen molar-refractivity contribution in [3.8, 4) is 5.75 Å². The van der Waals surface area contributed by atoms with Crippen LogP contribution in [0.25, 0.3) is 0 Å². The van der Waals surface area contributed by atoms with Crippen molar-refractivity contribution in [1.82, 2.24) is 5.32 Å². The van der Waals surface area contributed by atoms with E-state index in [-0.39, 0.29) is 24.2 Å². The van der Waals surface area contributed by atoms with Gasteiger partial charge in [0, 0.05) is 24.8 Å². The summed E-state index contributed by atoms with van der Waals surface area (Å²) in [5.74, 6) is -0.108. The van der Waals surface area contributed by atoms with Crippen molar-refractivity contribution in [3.05, 3.63) is 29.8 Å². The maximum absolute atomic E-state index is 11.7. The van der Waals surface area contributed by atoms with Gasteiger partial charge in [-0.3, -0.25) is 9.59 Å². The van der Waals surface area contributed by atoms with E-state index in [1.807, 2.05) is 24.3 Å². The van der Waals surface area contributed by atoms with Gasteiger partial charge >= 0.3 is 5.97 Å². The van der Waals surface area contributed by atoms with Crippen LogP contribution in [0.5, 0.6) is 5.75 Å². The fraction of sp³-hybridized carbons (Fsp3) is 0.500. The highest BCUT2D eigenvalue weighted by Gasteiger charge is 2.44. The van der Waals surface area contributed by atoms with Crippen LogP contribution in [-0.2, 0) is 15.0 Å². The predicted octanol–water partition coefficient (Wildman–Crippen LogP) is 2.10. The number of amides is 1. The molecule has 5 nitrogen and oxygen atoms in total. The molecule has 0 aliphatic heterocycles. The minimum absolute atomic E-state index is 0.0387. The molecular formula is C16H21NO4. The summed E-state index contributed by atoms with van der Waals surface area (Å²) in [7, 11) is 1.64. The molecular weight excluding hydrogens is 270 g/mol. The number of methoxy groups -OCH3 is 1. The Morgan fingerprint density at radius 1 is 1.24 bits per heavy atom. The molecule has 1 amide bonds. The Morgan fingerprint density at radius 2 is 1.90 bits per heavy atom. The Bertz CT molecular complexity index is 506. The molecule has 0 atom stereocenters. The van der Waals surface area contributed by atoms with E-state index >= 15 is 0 Å². The fourth-order valence-electron chi connectivity index (χ4n) is 2.42. The quantitative estimate of drug-likeness (QED) is 0.769. The van der Waals surface area contributed by atoms with Gasteiger partial charge in [0.15, 0.2) is 0 Å². The smallest absolute Gasteiger partial charge is 0.303 e. The van der Waals surface area contributed by atoms with Crippen LogP contribution >= 0.6 is 0 Å². The van der Waals surface area contributed by atoms with Gasteiger partial charge in [0.05, 0.1) is 7.11 Å². The largest absolute Gasteiger partial charge is 0.497 e. The summed E-state index contributed by atoms with van der Waals surface area (Å²) in [6.45, 7) is 0.616. The van der Waals surface area contributed by atoms with Gasteiger partial charge in [0.25, 0.3) is 0 Å². The zero-order valence-corrected chi connectivity index (χ0v) is 12.2. The summed E-state index contributed by atoms with van der Waals surface area (Å²) in [5.41, 5.74) is 1.27. The van der Waals surface area contributed by atoms with Crippen LogP contribution in [0.1, 0.15) is 37.7 Å². The molecule has 1 aliphatic rings. The standard InChI is InChI=1S/C16H21NO4/c1-21-13-7-5-12(6-8-13)16(9-10-16)11-17-14(18)3-2-4-15(19)20/h5-8H,2-4,9-11H2,1H3,(H,17,18)(H,19,20). The third-order valence-corrected chi connectivity index (χ3v) is 3.97. The monoisotopic (exact) mass is 291 g/mol. The third kappa shape index (κ3) is 4.21. The first-order valence-electron chi connectivity index (χ1n) is 7.19. The van der Waals surface area contributed by atoms with E-state index in [2.05, 4.69) is 5.32 Å². The van der Waals surface area contributed by atoms with E-state index in [0.717, 1.165) is 18.6 Å². The highest BCUT2D eigenvalue weighted by molar-refractivity contribution is 5.77. The maximum atomic E-state index is 11.7. The highest BCUT2D eigenvalue weighted by atomic mass is 16.5. The van der Waals surface area contributed by atoms with Gasteiger partial charge in [-0.15, -0.1) is 0 Å². The van der Waals surface area contributed by atoms with Crippen molar-refractivity contribution < 1.29 is 19.4 Å². The third-order valence-electron chi connectivity index (χ3n) is 3.97. The maximum Gasteiger partial charge on any atom is 0.303 e. The number of rotatable bonds is 8. The molecule has 0 unspecified atom stereocenters. The number of carbonyl (C=O) groups is 2. The molecule has 0 radical (unpaired) electrons. The van der Waals surface area contributed by atoms with E-state index in [0.29, 0.717) is 13.0 Å². The molecule has 0 spiro atoms. The molecule has 1 aliphatic carbocycles. The molecule has 5 heteroatoms. The second-order valence-corrected chi connectivity index (χ2v) is 5.53. The summed E-state index contributed by atoms with van der Waals surface area (Å²) in [6.07, 6.45) is 2.82. The summed E-state index contributed by atoms with van der Waals surface area (Å²) >= 11 is 0. The zero-order valence-electron chi connectivity index (χ0n) is 12.2. The van der Waals surface area contributed by atoms with E-state index in [1.165, 1.54) is 5.56 Å². The number of carbonyl (C=O) groups excluding carboxylic acids is 1. The number of ether oxygens (including phenoxy) is 1. The molecule has 0 heterocycles. The first kappa shape index (κ1) is 15.4. The van der Waals surface area contributed by atoms with Crippen molar-refractivity contribution in [3.63, 3.8) is 0 Å². The number of carboxylic acids is 1. The molecule has 1 aromatic rings. The molecule has 21 heavy (non-hydrogen) atoms. The van der Waals surface area contributed by atoms with Crippen LogP contribution in [0.4, 0.5) is 0 Å². The predicted molar refractivity (Wildman–Crippen MR) is 78.4 cm³/mol. The van der Waals surface area contributed by atoms with Crippen LogP contribution in [0, 0.1) is 0 Å². The van der Waals surface area contributed by atoms with E-state index in [9.17, 15) is 9.59 Å². The lowest BCUT2D eigenvalue weighted by Crippen LogP contribution is -2.32. The Labute approximate surface area is 124 Å². The molecule has 2 N–H and O–H groups in total. The van der Waals surface area contributed by atoms with E-state index in [1.54, 1.807) is 7.11 Å². The lowest BCUT2D eigenvalue weighted by molar-refractivity contribution is -0.137. The van der Waals surface area contributed by atoms with Crippen LogP contribution < -0.4 is 10.1 Å². The van der Waals surface area contributed by atoms with Crippen molar-refractivity contribution in [2.75, 3.05) is 13.7 Å². The number of aliphatic carboxylic acids is 1. The van der Waals surface area contributed by atoms with Gasteiger partial charge in [-0.1, -0.05) is 12.1 Å². The Morgan fingerprint density at radius 3 is 2.43 bits per heavy atom. The first-order valence-corrected chi connectivity index (χ1v) is 7.19. The molecule has 1 saturated carbocycles. The molecule has 114 valence electrons. The molecule has 0 aromatic heterocycles. The minimum Gasteiger partial charge on any atom is -0.497 e. The molecule has 2 rings (SSSR count). The Balaban J connectivity index is 1.81. The van der Waals surface area contributed by atoms with Gasteiger partial charge in [-0.25, -0.2) is 0 Å². The van der Waals surface area contributed by atoms with Crippen molar-refractivity contribution in [2.45, 2.75) is 37.5 Å². The van der Waals surface area contributed by atoms with Crippen molar-refractivity contribution in [1.29, 1.82) is 0 Å². The number of carboxylic acid groups (broad SMARTS) is 1. The summed E-state index contributed by atoms with van der Waals surface area (Å²) in [6, 6.07) is 7.96. The van der Waals surface area contributed by atoms with Gasteiger partial charge in [-0.05, 0) is 37.0 Å². The first-order chi connectivity index (χ1) is 10.1. The Kier molecular flexibility index (Phi) is 4.83. The SMILES string of the molecule is COc1ccc(C2(CNC(=O)CCCC(=O)O)CC2)cc1. The molecule has 1 fully saturated rings. The number of hydrogen-bond acceptors (Lipinski definition) is 3. The van der Waals surface area contributed by atoms with Gasteiger partial charge in [-0.2, -0.15) is 0 Å². The lowest BCUT2D eigenvalue weighted by atomic mass is 9.96. The summed E-state index contributed by atoms with van der Waals surface area (Å²) < 4.78 is 5.15. The number of hydrogen-bond donors (Lipinski definition) is 2. The second-order valence-electron chi connectivity index (χ2n) is 5.53. The summed E-state index contributed by atoms with van der Waals surface area (Å²) in [4.78, 5) is 22.1. The lowest BCUT2D eigenvalue weighted by Gasteiger charge is -2.17. The zero-order chi connectivity index (χ0) is 15.3. The van der Waals surface area contributed by atoms with Crippen molar-refractivity contribution in [2.24, 2.45) is 0 Å². The normalized spacial score (nSPS) is 15.3.